The van der Waals surface area contributed by atoms with Crippen LogP contribution in [0.2, 0.25) is 0 Å². The molecule has 1 atom stereocenters. The third kappa shape index (κ3) is 4.71. The van der Waals surface area contributed by atoms with Crippen LogP contribution < -0.4 is 5.32 Å². The number of nitrogens with zero attached hydrogens (tertiary/aromatic N) is 3. The zero-order valence-corrected chi connectivity index (χ0v) is 19.9. The normalized spacial score (nSPS) is 21.9. The average Bonchev–Trinajstić information content (AvgIpc) is 3.43. The van der Waals surface area contributed by atoms with Crippen molar-refractivity contribution in [2.24, 2.45) is 11.8 Å². The number of nitrogens with one attached hydrogen (secondary N) is 1. The standard InChI is InChI=1S/C25H30N4O3S/c1-18(2)8-9-22(30)28-14-10-19(11-15-28)25(21-7-3-4-13-26-21)23(31)29(24(32)27-25)16-12-20-6-5-17-33-20/h3-9,13,17-19H,10-12,14-16H2,1-2H3,(H,27,32)/b9-8+/t25-/m0/s1. The number of carbonyl (C=O) groups excluding carboxylic acids is 3. The van der Waals surface area contributed by atoms with E-state index in [1.54, 1.807) is 29.7 Å². The Bertz CT molecular complexity index is 1010. The first kappa shape index (κ1) is 23.2. The first-order valence-electron chi connectivity index (χ1n) is 11.5. The van der Waals surface area contributed by atoms with Crippen LogP contribution in [0.3, 0.4) is 0 Å². The van der Waals surface area contributed by atoms with E-state index >= 15 is 0 Å². The predicted molar refractivity (Wildman–Crippen MR) is 127 cm³/mol. The van der Waals surface area contributed by atoms with Gasteiger partial charge in [0.05, 0.1) is 5.69 Å². The Labute approximate surface area is 198 Å². The SMILES string of the molecule is CC(C)/C=C/C(=O)N1CCC([C@@]2(c3ccccn3)NC(=O)N(CCc3cccs3)C2=O)CC1. The summed E-state index contributed by atoms with van der Waals surface area (Å²) < 4.78 is 0. The topological polar surface area (TPSA) is 82.6 Å². The van der Waals surface area contributed by atoms with E-state index in [0.29, 0.717) is 50.5 Å². The molecule has 2 aromatic heterocycles. The second-order valence-electron chi connectivity index (χ2n) is 8.94. The van der Waals surface area contributed by atoms with Crippen LogP contribution in [0.1, 0.15) is 37.3 Å². The highest BCUT2D eigenvalue weighted by atomic mass is 32.1. The van der Waals surface area contributed by atoms with Crippen molar-refractivity contribution in [3.63, 3.8) is 0 Å². The second-order valence-corrected chi connectivity index (χ2v) is 9.97. The second kappa shape index (κ2) is 9.87. The van der Waals surface area contributed by atoms with Gasteiger partial charge in [0.15, 0.2) is 5.54 Å². The van der Waals surface area contributed by atoms with Gasteiger partial charge < -0.3 is 10.2 Å². The maximum absolute atomic E-state index is 13.8. The number of carbonyl (C=O) groups is 3. The summed E-state index contributed by atoms with van der Waals surface area (Å²) in [5.41, 5.74) is -0.636. The number of imide groups is 1. The first-order valence-corrected chi connectivity index (χ1v) is 12.3. The summed E-state index contributed by atoms with van der Waals surface area (Å²) >= 11 is 1.62. The number of hydrogen-bond acceptors (Lipinski definition) is 5. The number of hydrogen-bond donors (Lipinski definition) is 1. The zero-order valence-electron chi connectivity index (χ0n) is 19.1. The van der Waals surface area contributed by atoms with Gasteiger partial charge in [0.1, 0.15) is 0 Å². The molecule has 2 aliphatic heterocycles. The van der Waals surface area contributed by atoms with Gasteiger partial charge in [0, 0.05) is 36.6 Å². The molecule has 0 bridgehead atoms. The van der Waals surface area contributed by atoms with Gasteiger partial charge in [0.2, 0.25) is 5.91 Å². The van der Waals surface area contributed by atoms with Gasteiger partial charge >= 0.3 is 6.03 Å². The van der Waals surface area contributed by atoms with Crippen LogP contribution in [0.5, 0.6) is 0 Å². The molecule has 174 valence electrons. The van der Waals surface area contributed by atoms with Crippen LogP contribution in [0.15, 0.2) is 54.1 Å². The maximum atomic E-state index is 13.8. The third-order valence-electron chi connectivity index (χ3n) is 6.41. The van der Waals surface area contributed by atoms with Crippen LogP contribution in [-0.4, -0.2) is 52.3 Å². The number of amides is 4. The van der Waals surface area contributed by atoms with E-state index in [-0.39, 0.29) is 23.8 Å². The van der Waals surface area contributed by atoms with Crippen molar-refractivity contribution in [1.29, 1.82) is 0 Å². The highest BCUT2D eigenvalue weighted by Crippen LogP contribution is 2.40. The number of likely N-dealkylation sites (tertiary alicyclic amines) is 1. The molecule has 2 fully saturated rings. The van der Waals surface area contributed by atoms with E-state index in [0.717, 1.165) is 4.88 Å². The lowest BCUT2D eigenvalue weighted by Crippen LogP contribution is -2.54. The quantitative estimate of drug-likeness (QED) is 0.499. The van der Waals surface area contributed by atoms with Crippen LogP contribution in [-0.2, 0) is 21.5 Å². The third-order valence-corrected chi connectivity index (χ3v) is 7.34. The van der Waals surface area contributed by atoms with Gasteiger partial charge in [-0.2, -0.15) is 0 Å². The highest BCUT2D eigenvalue weighted by Gasteiger charge is 2.58. The van der Waals surface area contributed by atoms with E-state index in [2.05, 4.69) is 10.3 Å². The first-order chi connectivity index (χ1) is 15.9. The highest BCUT2D eigenvalue weighted by molar-refractivity contribution is 7.09. The van der Waals surface area contributed by atoms with Gasteiger partial charge in [-0.25, -0.2) is 4.79 Å². The van der Waals surface area contributed by atoms with E-state index < -0.39 is 5.54 Å². The lowest BCUT2D eigenvalue weighted by atomic mass is 9.75. The number of piperidine rings is 1. The summed E-state index contributed by atoms with van der Waals surface area (Å²) in [6, 6.07) is 9.05. The molecule has 0 radical (unpaired) electrons. The fourth-order valence-electron chi connectivity index (χ4n) is 4.64. The number of urea groups is 1. The molecule has 0 saturated carbocycles. The summed E-state index contributed by atoms with van der Waals surface area (Å²) in [7, 11) is 0. The molecule has 0 aliphatic carbocycles. The molecule has 1 N–H and O–H groups in total. The van der Waals surface area contributed by atoms with Gasteiger partial charge in [-0.15, -0.1) is 11.3 Å². The van der Waals surface area contributed by atoms with Gasteiger partial charge in [-0.05, 0) is 54.8 Å². The Balaban J connectivity index is 1.55. The Hall–Kier alpha value is -3.00. The molecule has 2 saturated heterocycles. The summed E-state index contributed by atoms with van der Waals surface area (Å²) in [6.07, 6.45) is 7.04. The van der Waals surface area contributed by atoms with Gasteiger partial charge in [0.25, 0.3) is 5.91 Å². The number of pyridine rings is 1. The number of rotatable bonds is 7. The lowest BCUT2D eigenvalue weighted by Gasteiger charge is -2.40. The number of aromatic nitrogens is 1. The van der Waals surface area contributed by atoms with Crippen LogP contribution in [0, 0.1) is 11.8 Å². The van der Waals surface area contributed by atoms with Crippen LogP contribution in [0.25, 0.3) is 0 Å². The van der Waals surface area contributed by atoms with Crippen LogP contribution >= 0.6 is 11.3 Å². The average molecular weight is 467 g/mol. The van der Waals surface area contributed by atoms with Gasteiger partial charge in [-0.1, -0.05) is 32.1 Å². The van der Waals surface area contributed by atoms with Crippen molar-refractivity contribution in [1.82, 2.24) is 20.1 Å². The number of allylic oxidation sites excluding steroid dienone is 1. The van der Waals surface area contributed by atoms with Gasteiger partial charge in [-0.3, -0.25) is 19.5 Å². The molecule has 0 spiro atoms. The predicted octanol–water partition coefficient (Wildman–Crippen LogP) is 3.58. The minimum Gasteiger partial charge on any atom is -0.339 e. The van der Waals surface area contributed by atoms with Crippen LogP contribution in [0.4, 0.5) is 4.79 Å². The smallest absolute Gasteiger partial charge is 0.325 e. The Morgan fingerprint density at radius 3 is 2.67 bits per heavy atom. The molecule has 33 heavy (non-hydrogen) atoms. The molecular formula is C25H30N4O3S. The zero-order chi connectivity index (χ0) is 23.4. The largest absolute Gasteiger partial charge is 0.339 e. The fraction of sp³-hybridized carbons (Fsp3) is 0.440. The van der Waals surface area contributed by atoms with E-state index in [9.17, 15) is 14.4 Å². The van der Waals surface area contributed by atoms with Crippen molar-refractivity contribution in [2.75, 3.05) is 19.6 Å². The van der Waals surface area contributed by atoms with Crippen molar-refractivity contribution >= 4 is 29.2 Å². The van der Waals surface area contributed by atoms with Crippen molar-refractivity contribution < 1.29 is 14.4 Å². The molecule has 7 nitrogen and oxygen atoms in total. The Morgan fingerprint density at radius 2 is 2.03 bits per heavy atom. The minimum absolute atomic E-state index is 0.00612. The molecule has 2 aliphatic rings. The molecule has 4 amide bonds. The van der Waals surface area contributed by atoms with E-state index in [1.165, 1.54) is 4.90 Å². The lowest BCUT2D eigenvalue weighted by molar-refractivity contribution is -0.135. The van der Waals surface area contributed by atoms with E-state index in [1.807, 2.05) is 54.5 Å². The fourth-order valence-corrected chi connectivity index (χ4v) is 5.34. The number of thiophene rings is 1. The summed E-state index contributed by atoms with van der Waals surface area (Å²) in [6.45, 7) is 5.48. The van der Waals surface area contributed by atoms with E-state index in [4.69, 9.17) is 0 Å². The minimum atomic E-state index is -1.20. The summed E-state index contributed by atoms with van der Waals surface area (Å²) in [5.74, 6) is -0.0836. The van der Waals surface area contributed by atoms with Crippen molar-refractivity contribution in [3.8, 4) is 0 Å². The maximum Gasteiger partial charge on any atom is 0.325 e. The molecule has 2 aromatic rings. The molecule has 4 heterocycles. The molecular weight excluding hydrogens is 436 g/mol. The van der Waals surface area contributed by atoms with Crippen molar-refractivity contribution in [2.45, 2.75) is 38.6 Å². The monoisotopic (exact) mass is 466 g/mol. The summed E-state index contributed by atoms with van der Waals surface area (Å²) in [4.78, 5) is 48.1. The molecule has 0 unspecified atom stereocenters. The Morgan fingerprint density at radius 1 is 1.24 bits per heavy atom. The van der Waals surface area contributed by atoms with Crippen molar-refractivity contribution in [3.05, 3.63) is 64.6 Å². The molecule has 8 heteroatoms. The molecule has 0 aromatic carbocycles. The summed E-state index contributed by atoms with van der Waals surface area (Å²) in [5, 5.41) is 5.02. The Kier molecular flexibility index (Phi) is 6.93. The molecule has 4 rings (SSSR count).